The van der Waals surface area contributed by atoms with Gasteiger partial charge in [0.15, 0.2) is 11.8 Å². The number of hydrogen-bond donors (Lipinski definition) is 3. The lowest BCUT2D eigenvalue weighted by molar-refractivity contribution is 0.145. The SMILES string of the molecule is CN=C(NCc1cccc(-c2ncn[nH]2)c1)NCc1ccc(C)cc1OCCOC. The molecule has 0 aliphatic heterocycles. The van der Waals surface area contributed by atoms with Crippen molar-refractivity contribution >= 4 is 5.96 Å². The van der Waals surface area contributed by atoms with Crippen molar-refractivity contribution in [3.05, 3.63) is 65.5 Å². The van der Waals surface area contributed by atoms with Crippen LogP contribution in [0.1, 0.15) is 16.7 Å². The number of hydrogen-bond acceptors (Lipinski definition) is 5. The van der Waals surface area contributed by atoms with Crippen molar-refractivity contribution in [1.29, 1.82) is 0 Å². The van der Waals surface area contributed by atoms with Gasteiger partial charge in [-0.05, 0) is 30.2 Å². The molecule has 0 amide bonds. The van der Waals surface area contributed by atoms with E-state index in [1.807, 2.05) is 25.1 Å². The van der Waals surface area contributed by atoms with Gasteiger partial charge in [0.25, 0.3) is 0 Å². The predicted octanol–water partition coefficient (Wildman–Crippen LogP) is 2.67. The summed E-state index contributed by atoms with van der Waals surface area (Å²) in [5, 5.41) is 13.5. The largest absolute Gasteiger partial charge is 0.491 e. The van der Waals surface area contributed by atoms with Crippen molar-refractivity contribution in [2.45, 2.75) is 20.0 Å². The van der Waals surface area contributed by atoms with Gasteiger partial charge in [0.1, 0.15) is 18.7 Å². The number of aryl methyl sites for hydroxylation is 1. The third kappa shape index (κ3) is 6.05. The molecule has 8 nitrogen and oxygen atoms in total. The molecule has 0 unspecified atom stereocenters. The topological polar surface area (TPSA) is 96.5 Å². The molecule has 8 heteroatoms. The van der Waals surface area contributed by atoms with E-state index in [1.54, 1.807) is 14.2 Å². The van der Waals surface area contributed by atoms with Gasteiger partial charge in [-0.3, -0.25) is 10.1 Å². The maximum absolute atomic E-state index is 5.86. The summed E-state index contributed by atoms with van der Waals surface area (Å²) in [4.78, 5) is 8.52. The highest BCUT2D eigenvalue weighted by atomic mass is 16.5. The van der Waals surface area contributed by atoms with Gasteiger partial charge < -0.3 is 20.1 Å². The molecule has 0 spiro atoms. The summed E-state index contributed by atoms with van der Waals surface area (Å²) in [5.41, 5.74) is 4.32. The van der Waals surface area contributed by atoms with Crippen molar-refractivity contribution in [2.24, 2.45) is 4.99 Å². The van der Waals surface area contributed by atoms with E-state index in [0.717, 1.165) is 33.8 Å². The van der Waals surface area contributed by atoms with E-state index < -0.39 is 0 Å². The van der Waals surface area contributed by atoms with Gasteiger partial charge >= 0.3 is 0 Å². The fourth-order valence-corrected chi connectivity index (χ4v) is 2.94. The summed E-state index contributed by atoms with van der Waals surface area (Å²) in [7, 11) is 3.42. The van der Waals surface area contributed by atoms with E-state index in [-0.39, 0.29) is 0 Å². The van der Waals surface area contributed by atoms with Gasteiger partial charge in [-0.15, -0.1) is 0 Å². The summed E-state index contributed by atoms with van der Waals surface area (Å²) >= 11 is 0. The lowest BCUT2D eigenvalue weighted by Gasteiger charge is -2.15. The zero-order valence-corrected chi connectivity index (χ0v) is 17.6. The minimum atomic E-state index is 0.515. The summed E-state index contributed by atoms with van der Waals surface area (Å²) < 4.78 is 10.9. The van der Waals surface area contributed by atoms with Crippen LogP contribution in [-0.4, -0.2) is 48.5 Å². The smallest absolute Gasteiger partial charge is 0.191 e. The Morgan fingerprint density at radius 3 is 2.73 bits per heavy atom. The molecule has 3 rings (SSSR count). The minimum absolute atomic E-state index is 0.515. The van der Waals surface area contributed by atoms with E-state index in [4.69, 9.17) is 9.47 Å². The second kappa shape index (κ2) is 11.0. The number of nitrogens with one attached hydrogen (secondary N) is 3. The molecule has 158 valence electrons. The quantitative estimate of drug-likeness (QED) is 0.286. The summed E-state index contributed by atoms with van der Waals surface area (Å²) in [6, 6.07) is 14.3. The highest BCUT2D eigenvalue weighted by Gasteiger charge is 2.07. The molecule has 2 aromatic carbocycles. The molecule has 3 N–H and O–H groups in total. The van der Waals surface area contributed by atoms with Crippen molar-refractivity contribution < 1.29 is 9.47 Å². The first-order chi connectivity index (χ1) is 14.7. The summed E-state index contributed by atoms with van der Waals surface area (Å²) in [5.74, 6) is 2.32. The Morgan fingerprint density at radius 2 is 1.97 bits per heavy atom. The molecule has 3 aromatic rings. The Labute approximate surface area is 176 Å². The molecule has 0 saturated heterocycles. The first-order valence-corrected chi connectivity index (χ1v) is 9.80. The van der Waals surface area contributed by atoms with Crippen LogP contribution in [0.4, 0.5) is 0 Å². The van der Waals surface area contributed by atoms with Crippen LogP contribution in [0, 0.1) is 6.92 Å². The molecule has 0 saturated carbocycles. The average molecular weight is 409 g/mol. The van der Waals surface area contributed by atoms with Crippen molar-refractivity contribution in [2.75, 3.05) is 27.4 Å². The molecular weight excluding hydrogens is 380 g/mol. The Bertz CT molecular complexity index is 956. The summed E-state index contributed by atoms with van der Waals surface area (Å²) in [6.07, 6.45) is 1.50. The molecular formula is C22H28N6O2. The standard InChI is InChI=1S/C22H28N6O2/c1-16-7-8-19(20(11-16)30-10-9-29-3)14-25-22(23-2)24-13-17-5-4-6-18(12-17)21-26-15-27-28-21/h4-8,11-12,15H,9-10,13-14H2,1-3H3,(H2,23,24,25)(H,26,27,28). The number of rotatable bonds is 9. The minimum Gasteiger partial charge on any atom is -0.491 e. The lowest BCUT2D eigenvalue weighted by atomic mass is 10.1. The van der Waals surface area contributed by atoms with Gasteiger partial charge in [0.05, 0.1) is 6.61 Å². The number of guanidine groups is 1. The van der Waals surface area contributed by atoms with E-state index in [2.05, 4.69) is 55.1 Å². The highest BCUT2D eigenvalue weighted by molar-refractivity contribution is 5.79. The molecule has 0 aliphatic rings. The van der Waals surface area contributed by atoms with E-state index in [0.29, 0.717) is 32.3 Å². The van der Waals surface area contributed by atoms with Crippen molar-refractivity contribution in [3.63, 3.8) is 0 Å². The number of H-pyrrole nitrogens is 1. The molecule has 0 radical (unpaired) electrons. The zero-order chi connectivity index (χ0) is 21.2. The van der Waals surface area contributed by atoms with E-state index in [1.165, 1.54) is 6.33 Å². The molecule has 0 fully saturated rings. The number of aromatic nitrogens is 3. The first kappa shape index (κ1) is 21.3. The number of methoxy groups -OCH3 is 1. The molecule has 0 atom stereocenters. The Balaban J connectivity index is 1.57. The second-order valence-corrected chi connectivity index (χ2v) is 6.77. The van der Waals surface area contributed by atoms with Crippen LogP contribution < -0.4 is 15.4 Å². The van der Waals surface area contributed by atoms with Gasteiger partial charge in [0, 0.05) is 38.4 Å². The average Bonchev–Trinajstić information content (AvgIpc) is 3.30. The van der Waals surface area contributed by atoms with E-state index in [9.17, 15) is 0 Å². The van der Waals surface area contributed by atoms with Crippen molar-refractivity contribution in [1.82, 2.24) is 25.8 Å². The fourth-order valence-electron chi connectivity index (χ4n) is 2.94. The normalized spacial score (nSPS) is 11.4. The third-order valence-corrected chi connectivity index (χ3v) is 4.51. The fraction of sp³-hybridized carbons (Fsp3) is 0.318. The van der Waals surface area contributed by atoms with Crippen LogP contribution >= 0.6 is 0 Å². The highest BCUT2D eigenvalue weighted by Crippen LogP contribution is 2.20. The number of benzene rings is 2. The van der Waals surface area contributed by atoms with Crippen molar-refractivity contribution in [3.8, 4) is 17.1 Å². The maximum atomic E-state index is 5.86. The maximum Gasteiger partial charge on any atom is 0.191 e. The van der Waals surface area contributed by atoms with Crippen LogP contribution in [0.3, 0.4) is 0 Å². The van der Waals surface area contributed by atoms with Crippen LogP contribution in [0.2, 0.25) is 0 Å². The zero-order valence-electron chi connectivity index (χ0n) is 17.6. The molecule has 0 aliphatic carbocycles. The first-order valence-electron chi connectivity index (χ1n) is 9.80. The van der Waals surface area contributed by atoms with Crippen LogP contribution in [0.25, 0.3) is 11.4 Å². The molecule has 0 bridgehead atoms. The Kier molecular flexibility index (Phi) is 7.79. The van der Waals surface area contributed by atoms with Gasteiger partial charge in [0.2, 0.25) is 0 Å². The van der Waals surface area contributed by atoms with Crippen LogP contribution in [-0.2, 0) is 17.8 Å². The monoisotopic (exact) mass is 408 g/mol. The molecule has 1 heterocycles. The number of ether oxygens (including phenoxy) is 2. The molecule has 1 aromatic heterocycles. The Hall–Kier alpha value is -3.39. The van der Waals surface area contributed by atoms with Gasteiger partial charge in [-0.25, -0.2) is 4.98 Å². The van der Waals surface area contributed by atoms with Crippen LogP contribution in [0.15, 0.2) is 53.8 Å². The third-order valence-electron chi connectivity index (χ3n) is 4.51. The second-order valence-electron chi connectivity index (χ2n) is 6.77. The van der Waals surface area contributed by atoms with E-state index >= 15 is 0 Å². The molecule has 30 heavy (non-hydrogen) atoms. The number of nitrogens with zero attached hydrogens (tertiary/aromatic N) is 3. The summed E-state index contributed by atoms with van der Waals surface area (Å²) in [6.45, 7) is 4.35. The van der Waals surface area contributed by atoms with Crippen LogP contribution in [0.5, 0.6) is 5.75 Å². The number of aromatic amines is 1. The van der Waals surface area contributed by atoms with Gasteiger partial charge in [-0.2, -0.15) is 5.10 Å². The predicted molar refractivity (Wildman–Crippen MR) is 117 cm³/mol. The van der Waals surface area contributed by atoms with Gasteiger partial charge in [-0.1, -0.05) is 30.3 Å². The number of aliphatic imine (C=N–C) groups is 1. The lowest BCUT2D eigenvalue weighted by Crippen LogP contribution is -2.36. The Morgan fingerprint density at radius 1 is 1.10 bits per heavy atom.